The number of anilines is 1. The number of aryl methyl sites for hydroxylation is 3. The summed E-state index contributed by atoms with van der Waals surface area (Å²) in [5, 5.41) is 3.26. The summed E-state index contributed by atoms with van der Waals surface area (Å²) in [6, 6.07) is 12.4. The second-order valence-electron chi connectivity index (χ2n) is 7.05. The van der Waals surface area contributed by atoms with E-state index in [1.807, 2.05) is 19.1 Å². The molecule has 0 aliphatic rings. The molecular formula is C21H27ClN2O3S. The van der Waals surface area contributed by atoms with E-state index in [-0.39, 0.29) is 5.91 Å². The van der Waals surface area contributed by atoms with Gasteiger partial charge in [0.1, 0.15) is 6.04 Å². The van der Waals surface area contributed by atoms with Crippen LogP contribution in [0.3, 0.4) is 0 Å². The fourth-order valence-electron chi connectivity index (χ4n) is 3.12. The summed E-state index contributed by atoms with van der Waals surface area (Å²) in [5.41, 5.74) is 3.57. The Kier molecular flexibility index (Phi) is 7.49. The summed E-state index contributed by atoms with van der Waals surface area (Å²) in [7, 11) is -3.67. The van der Waals surface area contributed by atoms with Crippen LogP contribution < -0.4 is 9.62 Å². The maximum absolute atomic E-state index is 12.6. The van der Waals surface area contributed by atoms with Crippen LogP contribution in [-0.4, -0.2) is 33.2 Å². The Morgan fingerprint density at radius 3 is 2.54 bits per heavy atom. The first-order chi connectivity index (χ1) is 13.1. The molecule has 0 saturated heterocycles. The van der Waals surface area contributed by atoms with Crippen LogP contribution in [0.5, 0.6) is 0 Å². The van der Waals surface area contributed by atoms with Crippen LogP contribution >= 0.6 is 11.6 Å². The lowest BCUT2D eigenvalue weighted by Crippen LogP contribution is -2.48. The highest BCUT2D eigenvalue weighted by atomic mass is 35.5. The fourth-order valence-corrected chi connectivity index (χ4v) is 4.51. The van der Waals surface area contributed by atoms with Crippen molar-refractivity contribution in [1.29, 1.82) is 0 Å². The molecule has 1 atom stereocenters. The molecule has 0 aromatic heterocycles. The van der Waals surface area contributed by atoms with E-state index in [0.717, 1.165) is 29.0 Å². The maximum Gasteiger partial charge on any atom is 0.243 e. The van der Waals surface area contributed by atoms with E-state index >= 15 is 0 Å². The molecule has 0 fully saturated rings. The van der Waals surface area contributed by atoms with E-state index in [1.54, 1.807) is 32.0 Å². The number of hydrogen-bond donors (Lipinski definition) is 1. The molecule has 0 bridgehead atoms. The molecule has 1 amide bonds. The molecule has 0 aliphatic carbocycles. The van der Waals surface area contributed by atoms with Crippen molar-refractivity contribution in [3.63, 3.8) is 0 Å². The molecule has 0 radical (unpaired) electrons. The summed E-state index contributed by atoms with van der Waals surface area (Å²) >= 11 is 6.04. The maximum atomic E-state index is 12.6. The van der Waals surface area contributed by atoms with Gasteiger partial charge in [-0.25, -0.2) is 8.42 Å². The lowest BCUT2D eigenvalue weighted by Gasteiger charge is -2.29. The average Bonchev–Trinajstić information content (AvgIpc) is 2.60. The number of carbonyl (C=O) groups excluding carboxylic acids is 1. The first-order valence-corrected chi connectivity index (χ1v) is 11.4. The van der Waals surface area contributed by atoms with Gasteiger partial charge in [-0.3, -0.25) is 9.10 Å². The second-order valence-corrected chi connectivity index (χ2v) is 9.35. The first-order valence-electron chi connectivity index (χ1n) is 9.18. The SMILES string of the molecule is Cc1cccc(CCCNC(=O)[C@H](C)N(c2cc(Cl)ccc2C)S(C)(=O)=O)c1. The van der Waals surface area contributed by atoms with Gasteiger partial charge in [-0.2, -0.15) is 0 Å². The summed E-state index contributed by atoms with van der Waals surface area (Å²) < 4.78 is 25.9. The number of rotatable bonds is 8. The Hall–Kier alpha value is -2.05. The van der Waals surface area contributed by atoms with Crippen molar-refractivity contribution in [3.05, 3.63) is 64.2 Å². The number of benzene rings is 2. The molecule has 0 unspecified atom stereocenters. The van der Waals surface area contributed by atoms with Crippen LogP contribution in [0, 0.1) is 13.8 Å². The topological polar surface area (TPSA) is 66.5 Å². The van der Waals surface area contributed by atoms with Gasteiger partial charge in [0.2, 0.25) is 15.9 Å². The standard InChI is InChI=1S/C21H27ClN2O3S/c1-15-7-5-8-18(13-15)9-6-12-23-21(25)17(3)24(28(4,26)27)20-14-19(22)11-10-16(20)2/h5,7-8,10-11,13-14,17H,6,9,12H2,1-4H3,(H,23,25)/t17-/m0/s1. The molecule has 0 spiro atoms. The lowest BCUT2D eigenvalue weighted by atomic mass is 10.1. The zero-order valence-electron chi connectivity index (χ0n) is 16.7. The van der Waals surface area contributed by atoms with Gasteiger partial charge >= 0.3 is 0 Å². The third-order valence-electron chi connectivity index (χ3n) is 4.52. The monoisotopic (exact) mass is 422 g/mol. The largest absolute Gasteiger partial charge is 0.354 e. The fraction of sp³-hybridized carbons (Fsp3) is 0.381. The number of halogens is 1. The van der Waals surface area contributed by atoms with Crippen molar-refractivity contribution in [3.8, 4) is 0 Å². The molecule has 2 aromatic rings. The van der Waals surface area contributed by atoms with Gasteiger partial charge in [0, 0.05) is 11.6 Å². The van der Waals surface area contributed by atoms with Gasteiger partial charge < -0.3 is 5.32 Å². The number of nitrogens with zero attached hydrogens (tertiary/aromatic N) is 1. The van der Waals surface area contributed by atoms with Gasteiger partial charge in [0.05, 0.1) is 11.9 Å². The third kappa shape index (κ3) is 5.97. The van der Waals surface area contributed by atoms with Crippen LogP contribution in [0.2, 0.25) is 5.02 Å². The lowest BCUT2D eigenvalue weighted by molar-refractivity contribution is -0.121. The van der Waals surface area contributed by atoms with Crippen molar-refractivity contribution >= 4 is 33.2 Å². The molecule has 2 aromatic carbocycles. The minimum Gasteiger partial charge on any atom is -0.354 e. The summed E-state index contributed by atoms with van der Waals surface area (Å²) in [6.45, 7) is 5.89. The van der Waals surface area contributed by atoms with Crippen LogP contribution in [0.4, 0.5) is 5.69 Å². The van der Waals surface area contributed by atoms with Crippen molar-refractivity contribution < 1.29 is 13.2 Å². The highest BCUT2D eigenvalue weighted by Crippen LogP contribution is 2.28. The molecule has 28 heavy (non-hydrogen) atoms. The highest BCUT2D eigenvalue weighted by molar-refractivity contribution is 7.92. The highest BCUT2D eigenvalue weighted by Gasteiger charge is 2.30. The van der Waals surface area contributed by atoms with Crippen LogP contribution in [0.15, 0.2) is 42.5 Å². The first kappa shape index (κ1) is 22.2. The number of hydrogen-bond acceptors (Lipinski definition) is 3. The van der Waals surface area contributed by atoms with Gasteiger partial charge in [0.15, 0.2) is 0 Å². The Morgan fingerprint density at radius 2 is 1.89 bits per heavy atom. The quantitative estimate of drug-likeness (QED) is 0.657. The normalized spacial score (nSPS) is 12.5. The second kappa shape index (κ2) is 9.43. The molecule has 5 nitrogen and oxygen atoms in total. The van der Waals surface area contributed by atoms with E-state index < -0.39 is 16.1 Å². The summed E-state index contributed by atoms with van der Waals surface area (Å²) in [5.74, 6) is -0.339. The van der Waals surface area contributed by atoms with E-state index in [2.05, 4.69) is 17.4 Å². The van der Waals surface area contributed by atoms with Crippen LogP contribution in [0.25, 0.3) is 0 Å². The molecule has 0 aliphatic heterocycles. The van der Waals surface area contributed by atoms with Gasteiger partial charge in [0.25, 0.3) is 0 Å². The molecule has 0 saturated carbocycles. The molecule has 152 valence electrons. The van der Waals surface area contributed by atoms with Gasteiger partial charge in [-0.05, 0) is 56.9 Å². The number of sulfonamides is 1. The molecule has 1 N–H and O–H groups in total. The predicted molar refractivity (Wildman–Crippen MR) is 115 cm³/mol. The van der Waals surface area contributed by atoms with E-state index in [9.17, 15) is 13.2 Å². The predicted octanol–water partition coefficient (Wildman–Crippen LogP) is 3.86. The van der Waals surface area contributed by atoms with Crippen LogP contribution in [0.1, 0.15) is 30.0 Å². The molecule has 7 heteroatoms. The Balaban J connectivity index is 2.04. The van der Waals surface area contributed by atoms with Gasteiger partial charge in [-0.1, -0.05) is 47.5 Å². The summed E-state index contributed by atoms with van der Waals surface area (Å²) in [6.07, 6.45) is 2.71. The van der Waals surface area contributed by atoms with Crippen molar-refractivity contribution in [2.45, 2.75) is 39.7 Å². The van der Waals surface area contributed by atoms with Crippen LogP contribution in [-0.2, 0) is 21.2 Å². The zero-order chi connectivity index (χ0) is 20.9. The van der Waals surface area contributed by atoms with Gasteiger partial charge in [-0.15, -0.1) is 0 Å². The number of carbonyl (C=O) groups is 1. The van der Waals surface area contributed by atoms with E-state index in [4.69, 9.17) is 11.6 Å². The zero-order valence-corrected chi connectivity index (χ0v) is 18.3. The average molecular weight is 423 g/mol. The molecule has 2 rings (SSSR count). The molecular weight excluding hydrogens is 396 g/mol. The Morgan fingerprint density at radius 1 is 1.18 bits per heavy atom. The smallest absolute Gasteiger partial charge is 0.243 e. The van der Waals surface area contributed by atoms with Crippen molar-refractivity contribution in [2.24, 2.45) is 0 Å². The van der Waals surface area contributed by atoms with E-state index in [0.29, 0.717) is 17.3 Å². The minimum absolute atomic E-state index is 0.339. The third-order valence-corrected chi connectivity index (χ3v) is 5.98. The molecule has 0 heterocycles. The summed E-state index contributed by atoms with van der Waals surface area (Å²) in [4.78, 5) is 12.6. The Labute approximate surface area is 172 Å². The van der Waals surface area contributed by atoms with Crippen molar-refractivity contribution in [1.82, 2.24) is 5.32 Å². The Bertz CT molecular complexity index is 944. The number of amides is 1. The van der Waals surface area contributed by atoms with Crippen molar-refractivity contribution in [2.75, 3.05) is 17.1 Å². The number of nitrogens with one attached hydrogen (secondary N) is 1. The minimum atomic E-state index is -3.67. The van der Waals surface area contributed by atoms with E-state index in [1.165, 1.54) is 11.1 Å².